The average Bonchev–Trinajstić information content (AvgIpc) is 2.97. The molecule has 0 aliphatic rings. The van der Waals surface area contributed by atoms with Crippen molar-refractivity contribution in [3.63, 3.8) is 0 Å². The highest BCUT2D eigenvalue weighted by atomic mass is 19.1. The molecular weight excluding hydrogens is 257 g/mol. The predicted octanol–water partition coefficient (Wildman–Crippen LogP) is 2.69. The van der Waals surface area contributed by atoms with Crippen molar-refractivity contribution >= 4 is 0 Å². The Balaban J connectivity index is 2.04. The normalized spacial score (nSPS) is 12.3. The number of nitrogens with one attached hydrogen (secondary N) is 1. The third-order valence-electron chi connectivity index (χ3n) is 3.12. The van der Waals surface area contributed by atoms with Crippen LogP contribution in [0, 0.1) is 5.82 Å². The highest BCUT2D eigenvalue weighted by Crippen LogP contribution is 2.30. The summed E-state index contributed by atoms with van der Waals surface area (Å²) in [5, 5.41) is 17.2. The van der Waals surface area contributed by atoms with Crippen molar-refractivity contribution in [2.24, 2.45) is 0 Å². The summed E-state index contributed by atoms with van der Waals surface area (Å²) < 4.78 is 13.7. The summed E-state index contributed by atoms with van der Waals surface area (Å²) in [5.41, 5.74) is 2.27. The maximum atomic E-state index is 13.7. The molecular formula is C15H12FN3O. The molecule has 0 radical (unpaired) electrons. The van der Waals surface area contributed by atoms with Gasteiger partial charge in [-0.1, -0.05) is 30.3 Å². The summed E-state index contributed by atoms with van der Waals surface area (Å²) in [4.78, 5) is 3.68. The first-order chi connectivity index (χ1) is 9.77. The fraction of sp³-hybridized carbons (Fsp3) is 0.0667. The van der Waals surface area contributed by atoms with Gasteiger partial charge in [-0.15, -0.1) is 0 Å². The molecule has 0 saturated heterocycles. The molecule has 0 aliphatic carbocycles. The number of H-pyrrole nitrogens is 1. The molecule has 1 aromatic carbocycles. The van der Waals surface area contributed by atoms with Crippen LogP contribution >= 0.6 is 0 Å². The zero-order valence-corrected chi connectivity index (χ0v) is 10.5. The highest BCUT2D eigenvalue weighted by molar-refractivity contribution is 5.63. The largest absolute Gasteiger partial charge is 0.383 e. The Morgan fingerprint density at radius 3 is 2.60 bits per heavy atom. The van der Waals surface area contributed by atoms with Crippen LogP contribution in [0.15, 0.2) is 55.0 Å². The SMILES string of the molecule is OC(c1ccncc1F)c1cn[nH]c1-c1ccccc1. The summed E-state index contributed by atoms with van der Waals surface area (Å²) in [5.74, 6) is -0.541. The van der Waals surface area contributed by atoms with E-state index in [9.17, 15) is 9.50 Å². The van der Waals surface area contributed by atoms with Gasteiger partial charge in [-0.05, 0) is 11.6 Å². The maximum absolute atomic E-state index is 13.7. The lowest BCUT2D eigenvalue weighted by Gasteiger charge is -2.12. The van der Waals surface area contributed by atoms with Crippen molar-refractivity contribution in [3.8, 4) is 11.3 Å². The number of rotatable bonds is 3. The fourth-order valence-corrected chi connectivity index (χ4v) is 2.11. The first-order valence-electron chi connectivity index (χ1n) is 6.13. The number of aliphatic hydroxyl groups is 1. The van der Waals surface area contributed by atoms with Crippen molar-refractivity contribution in [3.05, 3.63) is 71.9 Å². The quantitative estimate of drug-likeness (QED) is 0.768. The Morgan fingerprint density at radius 1 is 1.05 bits per heavy atom. The van der Waals surface area contributed by atoms with Crippen LogP contribution in [-0.2, 0) is 0 Å². The number of hydrogen-bond donors (Lipinski definition) is 2. The Hall–Kier alpha value is -2.53. The molecule has 3 aromatic rings. The number of aromatic amines is 1. The predicted molar refractivity (Wildman–Crippen MR) is 72.3 cm³/mol. The van der Waals surface area contributed by atoms with Crippen LogP contribution in [0.3, 0.4) is 0 Å². The summed E-state index contributed by atoms with van der Waals surface area (Å²) in [7, 11) is 0. The Labute approximate surface area is 114 Å². The van der Waals surface area contributed by atoms with Gasteiger partial charge < -0.3 is 5.11 Å². The van der Waals surface area contributed by atoms with Crippen molar-refractivity contribution in [1.82, 2.24) is 15.2 Å². The number of nitrogens with zero attached hydrogens (tertiary/aromatic N) is 2. The van der Waals surface area contributed by atoms with Gasteiger partial charge in [0.1, 0.15) is 11.9 Å². The molecule has 1 atom stereocenters. The first kappa shape index (κ1) is 12.5. The molecule has 1 unspecified atom stereocenters. The van der Waals surface area contributed by atoms with E-state index in [1.165, 1.54) is 18.5 Å². The lowest BCUT2D eigenvalue weighted by atomic mass is 9.99. The summed E-state index contributed by atoms with van der Waals surface area (Å²) in [6.45, 7) is 0. The van der Waals surface area contributed by atoms with E-state index >= 15 is 0 Å². The topological polar surface area (TPSA) is 61.8 Å². The Morgan fingerprint density at radius 2 is 1.85 bits per heavy atom. The van der Waals surface area contributed by atoms with Gasteiger partial charge >= 0.3 is 0 Å². The van der Waals surface area contributed by atoms with Crippen LogP contribution in [0.1, 0.15) is 17.2 Å². The lowest BCUT2D eigenvalue weighted by Crippen LogP contribution is -2.03. The lowest BCUT2D eigenvalue weighted by molar-refractivity contribution is 0.215. The average molecular weight is 269 g/mol. The number of benzene rings is 1. The van der Waals surface area contributed by atoms with Crippen molar-refractivity contribution in [2.75, 3.05) is 0 Å². The molecule has 0 spiro atoms. The van der Waals surface area contributed by atoms with E-state index in [1.807, 2.05) is 30.3 Å². The minimum atomic E-state index is -1.09. The minimum Gasteiger partial charge on any atom is -0.383 e. The number of halogens is 1. The molecule has 0 aliphatic heterocycles. The van der Waals surface area contributed by atoms with Crippen LogP contribution in [-0.4, -0.2) is 20.3 Å². The molecule has 2 N–H and O–H groups in total. The molecule has 2 aromatic heterocycles. The molecule has 20 heavy (non-hydrogen) atoms. The molecule has 2 heterocycles. The molecule has 5 heteroatoms. The van der Waals surface area contributed by atoms with E-state index in [4.69, 9.17) is 0 Å². The Kier molecular flexibility index (Phi) is 3.26. The molecule has 0 bridgehead atoms. The number of aromatic nitrogens is 3. The van der Waals surface area contributed by atoms with Gasteiger partial charge in [0.25, 0.3) is 0 Å². The van der Waals surface area contributed by atoms with Gasteiger partial charge in [0, 0.05) is 17.3 Å². The summed E-state index contributed by atoms with van der Waals surface area (Å²) in [6.07, 6.45) is 2.95. The van der Waals surface area contributed by atoms with Gasteiger partial charge in [-0.3, -0.25) is 10.1 Å². The van der Waals surface area contributed by atoms with Crippen LogP contribution in [0.4, 0.5) is 4.39 Å². The fourth-order valence-electron chi connectivity index (χ4n) is 2.11. The van der Waals surface area contributed by atoms with Gasteiger partial charge in [0.15, 0.2) is 0 Å². The third kappa shape index (κ3) is 2.19. The van der Waals surface area contributed by atoms with Crippen LogP contribution in [0.5, 0.6) is 0 Å². The van der Waals surface area contributed by atoms with E-state index in [1.54, 1.807) is 0 Å². The molecule has 4 nitrogen and oxygen atoms in total. The standard InChI is InChI=1S/C15H12FN3O/c16-13-9-17-7-6-11(13)15(20)12-8-18-19-14(12)10-4-2-1-3-5-10/h1-9,15,20H,(H,18,19). The van der Waals surface area contributed by atoms with Crippen molar-refractivity contribution in [1.29, 1.82) is 0 Å². The van der Waals surface area contributed by atoms with Gasteiger partial charge in [0.2, 0.25) is 0 Å². The van der Waals surface area contributed by atoms with Crippen molar-refractivity contribution in [2.45, 2.75) is 6.10 Å². The zero-order chi connectivity index (χ0) is 13.9. The van der Waals surface area contributed by atoms with E-state index in [0.717, 1.165) is 11.8 Å². The molecule has 3 rings (SSSR count). The number of aliphatic hydroxyl groups excluding tert-OH is 1. The summed E-state index contributed by atoms with van der Waals surface area (Å²) >= 11 is 0. The second kappa shape index (κ2) is 5.22. The highest BCUT2D eigenvalue weighted by Gasteiger charge is 2.20. The molecule has 0 fully saturated rings. The third-order valence-corrected chi connectivity index (χ3v) is 3.12. The summed E-state index contributed by atoms with van der Waals surface area (Å²) in [6, 6.07) is 10.9. The number of hydrogen-bond acceptors (Lipinski definition) is 3. The second-order valence-electron chi connectivity index (χ2n) is 4.37. The monoisotopic (exact) mass is 269 g/mol. The number of pyridine rings is 1. The van der Waals surface area contributed by atoms with Crippen LogP contribution in [0.25, 0.3) is 11.3 Å². The maximum Gasteiger partial charge on any atom is 0.147 e. The van der Waals surface area contributed by atoms with E-state index in [2.05, 4.69) is 15.2 Å². The van der Waals surface area contributed by atoms with Gasteiger partial charge in [0.05, 0.1) is 18.1 Å². The smallest absolute Gasteiger partial charge is 0.147 e. The molecule has 0 saturated carbocycles. The molecule has 0 amide bonds. The van der Waals surface area contributed by atoms with Gasteiger partial charge in [-0.25, -0.2) is 4.39 Å². The van der Waals surface area contributed by atoms with Gasteiger partial charge in [-0.2, -0.15) is 5.10 Å². The van der Waals surface area contributed by atoms with E-state index < -0.39 is 11.9 Å². The second-order valence-corrected chi connectivity index (χ2v) is 4.37. The first-order valence-corrected chi connectivity index (χ1v) is 6.13. The van der Waals surface area contributed by atoms with Crippen molar-refractivity contribution < 1.29 is 9.50 Å². The zero-order valence-electron chi connectivity index (χ0n) is 10.5. The van der Waals surface area contributed by atoms with Crippen LogP contribution in [0.2, 0.25) is 0 Å². The van der Waals surface area contributed by atoms with E-state index in [0.29, 0.717) is 11.3 Å². The van der Waals surface area contributed by atoms with Crippen LogP contribution < -0.4 is 0 Å². The Bertz CT molecular complexity index is 712. The molecule has 100 valence electrons. The minimum absolute atomic E-state index is 0.179. The van der Waals surface area contributed by atoms with E-state index in [-0.39, 0.29) is 5.56 Å².